The zero-order chi connectivity index (χ0) is 14.5. The number of carbonyl (C=O) groups excluding carboxylic acids is 2. The van der Waals surface area contributed by atoms with E-state index in [9.17, 15) is 14.7 Å². The highest BCUT2D eigenvalue weighted by molar-refractivity contribution is 5.81. The molecule has 1 aromatic carbocycles. The molecule has 1 aromatic rings. The summed E-state index contributed by atoms with van der Waals surface area (Å²) in [5.41, 5.74) is 0.880. The highest BCUT2D eigenvalue weighted by Gasteiger charge is 2.36. The van der Waals surface area contributed by atoms with Gasteiger partial charge >= 0.3 is 0 Å². The minimum Gasteiger partial charge on any atom is -0.550 e. The molecule has 0 unspecified atom stereocenters. The van der Waals surface area contributed by atoms with Crippen molar-refractivity contribution in [3.05, 3.63) is 35.9 Å². The maximum absolute atomic E-state index is 12.2. The summed E-state index contributed by atoms with van der Waals surface area (Å²) in [4.78, 5) is 25.3. The van der Waals surface area contributed by atoms with E-state index in [0.29, 0.717) is 19.4 Å². The summed E-state index contributed by atoms with van der Waals surface area (Å²) in [6, 6.07) is 9.01. The third-order valence-corrected chi connectivity index (χ3v) is 3.90. The van der Waals surface area contributed by atoms with E-state index in [1.54, 1.807) is 4.90 Å². The fourth-order valence-electron chi connectivity index (χ4n) is 2.85. The van der Waals surface area contributed by atoms with Crippen LogP contribution in [-0.2, 0) is 9.59 Å². The van der Waals surface area contributed by atoms with Crippen molar-refractivity contribution in [1.29, 1.82) is 0 Å². The average Bonchev–Trinajstić information content (AvgIpc) is 2.46. The lowest BCUT2D eigenvalue weighted by atomic mass is 9.84. The summed E-state index contributed by atoms with van der Waals surface area (Å²) in [6.07, 6.45) is 2.52. The molecule has 20 heavy (non-hydrogen) atoms. The summed E-state index contributed by atoms with van der Waals surface area (Å²) >= 11 is 0. The van der Waals surface area contributed by atoms with Gasteiger partial charge in [-0.15, -0.1) is 0 Å². The molecule has 2 rings (SSSR count). The summed E-state index contributed by atoms with van der Waals surface area (Å²) in [5, 5.41) is 11.4. The van der Waals surface area contributed by atoms with Crippen molar-refractivity contribution in [1.82, 2.24) is 4.90 Å². The lowest BCUT2D eigenvalue weighted by Crippen LogP contribution is -2.49. The number of benzene rings is 1. The number of carboxylic acids is 1. The van der Waals surface area contributed by atoms with Crippen molar-refractivity contribution in [3.8, 4) is 0 Å². The van der Waals surface area contributed by atoms with E-state index in [1.807, 2.05) is 30.3 Å². The molecule has 0 spiro atoms. The van der Waals surface area contributed by atoms with Gasteiger partial charge in [0.05, 0.1) is 6.04 Å². The van der Waals surface area contributed by atoms with E-state index < -0.39 is 17.9 Å². The number of amides is 1. The number of unbranched alkanes of at least 4 members (excludes halogenated alkanes) is 1. The van der Waals surface area contributed by atoms with Gasteiger partial charge in [0.1, 0.15) is 0 Å². The summed E-state index contributed by atoms with van der Waals surface area (Å²) in [7, 11) is 0. The van der Waals surface area contributed by atoms with Gasteiger partial charge in [0.15, 0.2) is 0 Å². The van der Waals surface area contributed by atoms with Crippen molar-refractivity contribution in [2.24, 2.45) is 5.92 Å². The van der Waals surface area contributed by atoms with Gasteiger partial charge in [-0.1, -0.05) is 43.7 Å². The zero-order valence-corrected chi connectivity index (χ0v) is 11.7. The molecule has 1 fully saturated rings. The fraction of sp³-hybridized carbons (Fsp3) is 0.500. The largest absolute Gasteiger partial charge is 0.550 e. The van der Waals surface area contributed by atoms with Crippen LogP contribution in [0.3, 0.4) is 0 Å². The number of aliphatic carboxylic acids is 1. The quantitative estimate of drug-likeness (QED) is 0.818. The van der Waals surface area contributed by atoms with Crippen LogP contribution < -0.4 is 5.11 Å². The number of likely N-dealkylation sites (tertiary alicyclic amines) is 1. The Morgan fingerprint density at radius 3 is 2.65 bits per heavy atom. The van der Waals surface area contributed by atoms with Crippen LogP contribution in [0, 0.1) is 5.92 Å². The summed E-state index contributed by atoms with van der Waals surface area (Å²) in [5.74, 6) is -1.63. The van der Waals surface area contributed by atoms with Gasteiger partial charge in [-0.05, 0) is 18.4 Å². The first-order valence-corrected chi connectivity index (χ1v) is 7.20. The van der Waals surface area contributed by atoms with Crippen LogP contribution in [0.4, 0.5) is 0 Å². The third kappa shape index (κ3) is 3.00. The SMILES string of the molecule is CCCCN1C(=O)CC[C@@H](C(=O)[O-])[C@H]1c1ccccc1. The smallest absolute Gasteiger partial charge is 0.223 e. The van der Waals surface area contributed by atoms with Gasteiger partial charge < -0.3 is 14.8 Å². The third-order valence-electron chi connectivity index (χ3n) is 3.90. The number of carbonyl (C=O) groups is 2. The van der Waals surface area contributed by atoms with Crippen LogP contribution in [-0.4, -0.2) is 23.3 Å². The number of piperidine rings is 1. The standard InChI is InChI=1S/C16H21NO3/c1-2-3-11-17-14(18)10-9-13(16(19)20)15(17)12-7-5-4-6-8-12/h4-8,13,15H,2-3,9-11H2,1H3,(H,19,20)/p-1/t13-,15-/m1/s1. The Kier molecular flexibility index (Phi) is 4.77. The molecule has 1 amide bonds. The number of nitrogens with zero attached hydrogens (tertiary/aromatic N) is 1. The molecule has 1 heterocycles. The number of rotatable bonds is 5. The van der Waals surface area contributed by atoms with Crippen molar-refractivity contribution in [2.45, 2.75) is 38.6 Å². The molecule has 0 radical (unpaired) electrons. The lowest BCUT2D eigenvalue weighted by Gasteiger charge is -2.42. The van der Waals surface area contributed by atoms with Gasteiger partial charge in [0.25, 0.3) is 0 Å². The molecule has 0 aliphatic carbocycles. The Bertz CT molecular complexity index is 472. The predicted molar refractivity (Wildman–Crippen MR) is 73.5 cm³/mol. The van der Waals surface area contributed by atoms with Crippen molar-refractivity contribution in [2.75, 3.05) is 6.54 Å². The molecule has 4 heteroatoms. The Balaban J connectivity index is 2.33. The first-order chi connectivity index (χ1) is 9.65. The highest BCUT2D eigenvalue weighted by atomic mass is 16.4. The maximum atomic E-state index is 12.2. The maximum Gasteiger partial charge on any atom is 0.223 e. The van der Waals surface area contributed by atoms with Crippen LogP contribution in [0.25, 0.3) is 0 Å². The second kappa shape index (κ2) is 6.55. The van der Waals surface area contributed by atoms with Crippen LogP contribution in [0.2, 0.25) is 0 Å². The lowest BCUT2D eigenvalue weighted by molar-refractivity contribution is -0.314. The molecule has 0 N–H and O–H groups in total. The fourth-order valence-corrected chi connectivity index (χ4v) is 2.85. The Morgan fingerprint density at radius 2 is 2.05 bits per heavy atom. The molecule has 0 aromatic heterocycles. The number of hydrogen-bond acceptors (Lipinski definition) is 3. The van der Waals surface area contributed by atoms with Gasteiger partial charge in [0.2, 0.25) is 5.91 Å². The topological polar surface area (TPSA) is 60.4 Å². The normalized spacial score (nSPS) is 22.9. The number of carboxylic acid groups (broad SMARTS) is 1. The average molecular weight is 274 g/mol. The second-order valence-corrected chi connectivity index (χ2v) is 5.26. The molecular weight excluding hydrogens is 254 g/mol. The summed E-state index contributed by atoms with van der Waals surface area (Å²) in [6.45, 7) is 2.67. The Labute approximate surface area is 119 Å². The molecule has 0 bridgehead atoms. The molecule has 108 valence electrons. The Morgan fingerprint density at radius 1 is 1.35 bits per heavy atom. The van der Waals surface area contributed by atoms with E-state index in [-0.39, 0.29) is 5.91 Å². The molecule has 1 aliphatic rings. The minimum absolute atomic E-state index is 0.0461. The van der Waals surface area contributed by atoms with E-state index >= 15 is 0 Å². The highest BCUT2D eigenvalue weighted by Crippen LogP contribution is 2.36. The predicted octanol–water partition coefficient (Wildman–Crippen LogP) is 1.52. The van der Waals surface area contributed by atoms with Gasteiger partial charge in [-0.3, -0.25) is 4.79 Å². The second-order valence-electron chi connectivity index (χ2n) is 5.26. The van der Waals surface area contributed by atoms with Gasteiger partial charge in [-0.25, -0.2) is 0 Å². The zero-order valence-electron chi connectivity index (χ0n) is 11.7. The van der Waals surface area contributed by atoms with E-state index in [2.05, 4.69) is 6.92 Å². The van der Waals surface area contributed by atoms with Crippen LogP contribution in [0.1, 0.15) is 44.2 Å². The summed E-state index contributed by atoms with van der Waals surface area (Å²) < 4.78 is 0. The molecule has 0 saturated carbocycles. The number of hydrogen-bond donors (Lipinski definition) is 0. The van der Waals surface area contributed by atoms with E-state index in [1.165, 1.54) is 0 Å². The monoisotopic (exact) mass is 274 g/mol. The van der Waals surface area contributed by atoms with Gasteiger partial charge in [-0.2, -0.15) is 0 Å². The van der Waals surface area contributed by atoms with E-state index in [4.69, 9.17) is 0 Å². The van der Waals surface area contributed by atoms with E-state index in [0.717, 1.165) is 18.4 Å². The molecule has 1 aliphatic heterocycles. The Hall–Kier alpha value is -1.84. The van der Waals surface area contributed by atoms with Crippen molar-refractivity contribution < 1.29 is 14.7 Å². The first-order valence-electron chi connectivity index (χ1n) is 7.20. The van der Waals surface area contributed by atoms with Crippen molar-refractivity contribution >= 4 is 11.9 Å². The van der Waals surface area contributed by atoms with Crippen LogP contribution in [0.15, 0.2) is 30.3 Å². The molecular formula is C16H20NO3-. The molecule has 1 saturated heterocycles. The van der Waals surface area contributed by atoms with Crippen LogP contribution >= 0.6 is 0 Å². The van der Waals surface area contributed by atoms with Crippen molar-refractivity contribution in [3.63, 3.8) is 0 Å². The van der Waals surface area contributed by atoms with Gasteiger partial charge in [0, 0.05) is 24.9 Å². The first kappa shape index (κ1) is 14.6. The van der Waals surface area contributed by atoms with Crippen LogP contribution in [0.5, 0.6) is 0 Å². The molecule has 4 nitrogen and oxygen atoms in total. The molecule has 2 atom stereocenters. The minimum atomic E-state index is -1.06.